The normalized spacial score (nSPS) is 11.4. The van der Waals surface area contributed by atoms with Gasteiger partial charge in [0, 0.05) is 24.5 Å². The number of carbonyl (C=O) groups is 1. The van der Waals surface area contributed by atoms with Crippen LogP contribution in [-0.2, 0) is 6.54 Å². The van der Waals surface area contributed by atoms with E-state index in [1.54, 1.807) is 6.92 Å². The zero-order valence-electron chi connectivity index (χ0n) is 12.4. The minimum absolute atomic E-state index is 0. The Morgan fingerprint density at radius 1 is 1.36 bits per heavy atom. The average Bonchev–Trinajstić information content (AvgIpc) is 2.45. The number of nitrogens with zero attached hydrogens (tertiary/aromatic N) is 1. The maximum Gasteiger partial charge on any atom is 0.345 e. The molecule has 1 aromatic heterocycles. The van der Waals surface area contributed by atoms with Crippen LogP contribution in [0.4, 0.5) is 0 Å². The summed E-state index contributed by atoms with van der Waals surface area (Å²) in [5.41, 5.74) is 8.21. The smallest absolute Gasteiger partial charge is 0.345 e. The number of aromatic nitrogens is 2. The lowest BCUT2D eigenvalue weighted by Gasteiger charge is -2.09. The molecule has 1 heterocycles. The molecule has 1 unspecified atom stereocenters. The zero-order valence-corrected chi connectivity index (χ0v) is 13.2. The van der Waals surface area contributed by atoms with Crippen molar-refractivity contribution in [2.75, 3.05) is 0 Å². The SMILES string of the molecule is Cc1[nH]c(=O)ncc1C(=O)NCc1ccc(C(C)N)cc1.Cl. The first-order valence-electron chi connectivity index (χ1n) is 6.66. The second-order valence-electron chi connectivity index (χ2n) is 4.94. The van der Waals surface area contributed by atoms with E-state index in [1.807, 2.05) is 31.2 Å². The first-order chi connectivity index (χ1) is 9.97. The van der Waals surface area contributed by atoms with Crippen molar-refractivity contribution in [1.29, 1.82) is 0 Å². The van der Waals surface area contributed by atoms with Crippen molar-refractivity contribution in [2.24, 2.45) is 5.73 Å². The molecule has 0 fully saturated rings. The van der Waals surface area contributed by atoms with Crippen LogP contribution in [0, 0.1) is 6.92 Å². The van der Waals surface area contributed by atoms with Crippen LogP contribution in [0.1, 0.15) is 40.1 Å². The van der Waals surface area contributed by atoms with E-state index in [1.165, 1.54) is 6.20 Å². The molecule has 7 heteroatoms. The number of hydrogen-bond acceptors (Lipinski definition) is 4. The van der Waals surface area contributed by atoms with Crippen LogP contribution in [-0.4, -0.2) is 15.9 Å². The second-order valence-corrected chi connectivity index (χ2v) is 4.94. The van der Waals surface area contributed by atoms with Gasteiger partial charge in [0.15, 0.2) is 0 Å². The number of aryl methyl sites for hydroxylation is 1. The molecule has 2 aromatic rings. The Morgan fingerprint density at radius 3 is 2.55 bits per heavy atom. The monoisotopic (exact) mass is 322 g/mol. The molecule has 1 aromatic carbocycles. The first kappa shape index (κ1) is 17.9. The summed E-state index contributed by atoms with van der Waals surface area (Å²) >= 11 is 0. The van der Waals surface area contributed by atoms with Gasteiger partial charge >= 0.3 is 5.69 Å². The minimum Gasteiger partial charge on any atom is -0.348 e. The third-order valence-electron chi connectivity index (χ3n) is 3.21. The molecule has 2 rings (SSSR count). The summed E-state index contributed by atoms with van der Waals surface area (Å²) in [6.45, 7) is 3.98. The molecular formula is C15H19ClN4O2. The van der Waals surface area contributed by atoms with Crippen molar-refractivity contribution in [2.45, 2.75) is 26.4 Å². The minimum atomic E-state index is -0.462. The lowest BCUT2D eigenvalue weighted by Crippen LogP contribution is -2.26. The summed E-state index contributed by atoms with van der Waals surface area (Å²) in [6.07, 6.45) is 1.28. The molecule has 0 saturated carbocycles. The number of carbonyl (C=O) groups excluding carboxylic acids is 1. The average molecular weight is 323 g/mol. The predicted octanol–water partition coefficient (Wildman–Crippen LogP) is 1.45. The van der Waals surface area contributed by atoms with Crippen molar-refractivity contribution in [3.63, 3.8) is 0 Å². The van der Waals surface area contributed by atoms with Crippen molar-refractivity contribution < 1.29 is 4.79 Å². The van der Waals surface area contributed by atoms with E-state index in [2.05, 4.69) is 15.3 Å². The van der Waals surface area contributed by atoms with E-state index in [9.17, 15) is 9.59 Å². The molecule has 0 radical (unpaired) electrons. The molecule has 118 valence electrons. The number of hydrogen-bond donors (Lipinski definition) is 3. The number of aromatic amines is 1. The van der Waals surface area contributed by atoms with Gasteiger partial charge in [0.1, 0.15) is 0 Å². The number of nitrogens with one attached hydrogen (secondary N) is 2. The molecule has 0 saturated heterocycles. The molecule has 0 aliphatic rings. The van der Waals surface area contributed by atoms with Gasteiger partial charge in [-0.1, -0.05) is 24.3 Å². The zero-order chi connectivity index (χ0) is 15.4. The Bertz CT molecular complexity index is 695. The van der Waals surface area contributed by atoms with Crippen LogP contribution in [0.25, 0.3) is 0 Å². The summed E-state index contributed by atoms with van der Waals surface area (Å²) in [7, 11) is 0. The van der Waals surface area contributed by atoms with E-state index in [4.69, 9.17) is 5.73 Å². The molecule has 6 nitrogen and oxygen atoms in total. The number of amides is 1. The van der Waals surface area contributed by atoms with E-state index in [0.29, 0.717) is 17.8 Å². The third kappa shape index (κ3) is 4.41. The van der Waals surface area contributed by atoms with Gasteiger partial charge in [-0.25, -0.2) is 9.78 Å². The summed E-state index contributed by atoms with van der Waals surface area (Å²) in [5.74, 6) is -0.271. The standard InChI is InChI=1S/C15H18N4O2.ClH/c1-9(16)12-5-3-11(4-6-12)7-17-14(20)13-8-18-15(21)19-10(13)2;/h3-6,8-9H,7,16H2,1-2H3,(H,17,20)(H,18,19,21);1H. The third-order valence-corrected chi connectivity index (χ3v) is 3.21. The first-order valence-corrected chi connectivity index (χ1v) is 6.66. The van der Waals surface area contributed by atoms with Gasteiger partial charge in [-0.15, -0.1) is 12.4 Å². The highest BCUT2D eigenvalue weighted by atomic mass is 35.5. The maximum atomic E-state index is 12.0. The Hall–Kier alpha value is -2.18. The lowest BCUT2D eigenvalue weighted by atomic mass is 10.1. The molecule has 0 aliphatic heterocycles. The highest BCUT2D eigenvalue weighted by Gasteiger charge is 2.10. The van der Waals surface area contributed by atoms with Crippen LogP contribution in [0.15, 0.2) is 35.3 Å². The fraction of sp³-hybridized carbons (Fsp3) is 0.267. The highest BCUT2D eigenvalue weighted by Crippen LogP contribution is 2.11. The molecule has 0 aliphatic carbocycles. The number of H-pyrrole nitrogens is 1. The van der Waals surface area contributed by atoms with Gasteiger partial charge in [0.2, 0.25) is 0 Å². The van der Waals surface area contributed by atoms with Crippen LogP contribution >= 0.6 is 12.4 Å². The largest absolute Gasteiger partial charge is 0.348 e. The molecule has 22 heavy (non-hydrogen) atoms. The van der Waals surface area contributed by atoms with Crippen LogP contribution in [0.2, 0.25) is 0 Å². The summed E-state index contributed by atoms with van der Waals surface area (Å²) in [5, 5.41) is 2.79. The topological polar surface area (TPSA) is 101 Å². The van der Waals surface area contributed by atoms with Crippen molar-refractivity contribution in [1.82, 2.24) is 15.3 Å². The fourth-order valence-electron chi connectivity index (χ4n) is 1.93. The number of rotatable bonds is 4. The highest BCUT2D eigenvalue weighted by molar-refractivity contribution is 5.94. The van der Waals surface area contributed by atoms with Gasteiger partial charge < -0.3 is 16.0 Å². The van der Waals surface area contributed by atoms with Crippen LogP contribution < -0.4 is 16.7 Å². The van der Waals surface area contributed by atoms with Gasteiger partial charge in [-0.3, -0.25) is 4.79 Å². The van der Waals surface area contributed by atoms with Gasteiger partial charge in [-0.05, 0) is 25.0 Å². The molecular weight excluding hydrogens is 304 g/mol. The Balaban J connectivity index is 0.00000242. The molecule has 0 spiro atoms. The van der Waals surface area contributed by atoms with E-state index < -0.39 is 5.69 Å². The Morgan fingerprint density at radius 2 is 2.00 bits per heavy atom. The molecule has 1 amide bonds. The predicted molar refractivity (Wildman–Crippen MR) is 87.1 cm³/mol. The Labute approximate surface area is 134 Å². The summed E-state index contributed by atoms with van der Waals surface area (Å²) in [6, 6.07) is 7.73. The van der Waals surface area contributed by atoms with Gasteiger partial charge in [0.25, 0.3) is 5.91 Å². The molecule has 0 bridgehead atoms. The quantitative estimate of drug-likeness (QED) is 0.793. The van der Waals surface area contributed by atoms with Crippen molar-refractivity contribution >= 4 is 18.3 Å². The van der Waals surface area contributed by atoms with Gasteiger partial charge in [0.05, 0.1) is 5.56 Å². The maximum absolute atomic E-state index is 12.0. The van der Waals surface area contributed by atoms with Gasteiger partial charge in [-0.2, -0.15) is 0 Å². The van der Waals surface area contributed by atoms with Crippen LogP contribution in [0.3, 0.4) is 0 Å². The Kier molecular flexibility index (Phi) is 6.27. The second kappa shape index (κ2) is 7.72. The van der Waals surface area contributed by atoms with E-state index >= 15 is 0 Å². The molecule has 1 atom stereocenters. The van der Waals surface area contributed by atoms with E-state index in [0.717, 1.165) is 11.1 Å². The van der Waals surface area contributed by atoms with Crippen LogP contribution in [0.5, 0.6) is 0 Å². The number of halogens is 1. The van der Waals surface area contributed by atoms with Crippen molar-refractivity contribution in [3.05, 3.63) is 63.3 Å². The number of nitrogens with two attached hydrogens (primary N) is 1. The van der Waals surface area contributed by atoms with Crippen molar-refractivity contribution in [3.8, 4) is 0 Å². The molecule has 4 N–H and O–H groups in total. The summed E-state index contributed by atoms with van der Waals surface area (Å²) in [4.78, 5) is 29.1. The summed E-state index contributed by atoms with van der Waals surface area (Å²) < 4.78 is 0. The van der Waals surface area contributed by atoms with E-state index in [-0.39, 0.29) is 24.4 Å². The fourth-order valence-corrected chi connectivity index (χ4v) is 1.93. The number of benzene rings is 1. The lowest BCUT2D eigenvalue weighted by molar-refractivity contribution is 0.0949.